The third kappa shape index (κ3) is 2.99. The lowest BCUT2D eigenvalue weighted by molar-refractivity contribution is 0.0784. The van der Waals surface area contributed by atoms with Crippen molar-refractivity contribution in [3.05, 3.63) is 28.8 Å². The predicted octanol–water partition coefficient (Wildman–Crippen LogP) is 2.47. The van der Waals surface area contributed by atoms with Gasteiger partial charge in [-0.3, -0.25) is 4.79 Å². The highest BCUT2D eigenvalue weighted by Gasteiger charge is 2.27. The normalized spacial score (nSPS) is 19.3. The van der Waals surface area contributed by atoms with E-state index in [2.05, 4.69) is 12.6 Å². The molecule has 1 aromatic carbocycles. The van der Waals surface area contributed by atoms with Gasteiger partial charge in [0.2, 0.25) is 0 Å². The van der Waals surface area contributed by atoms with Crippen molar-refractivity contribution in [2.45, 2.75) is 17.7 Å². The van der Waals surface area contributed by atoms with Crippen LogP contribution in [0.3, 0.4) is 0 Å². The van der Waals surface area contributed by atoms with Crippen molar-refractivity contribution < 1.29 is 9.90 Å². The van der Waals surface area contributed by atoms with E-state index in [1.807, 2.05) is 0 Å². The van der Waals surface area contributed by atoms with Gasteiger partial charge in [-0.15, -0.1) is 12.6 Å². The lowest BCUT2D eigenvalue weighted by Gasteiger charge is -2.17. The molecule has 1 aromatic rings. The molecule has 0 radical (unpaired) electrons. The third-order valence-electron chi connectivity index (χ3n) is 3.29. The highest BCUT2D eigenvalue weighted by molar-refractivity contribution is 7.80. The maximum absolute atomic E-state index is 12.3. The van der Waals surface area contributed by atoms with Crippen molar-refractivity contribution in [2.75, 3.05) is 19.7 Å². The molecule has 1 N–H and O–H groups in total. The number of nitrogens with zero attached hydrogens (tertiary/aromatic N) is 1. The number of carbonyl (C=O) groups is 1. The van der Waals surface area contributed by atoms with Crippen LogP contribution < -0.4 is 0 Å². The molecule has 1 saturated heterocycles. The standard InChI is InChI=1S/C13H16ClNO2S/c14-12-2-1-10(18)7-11(12)13(17)15-5-3-9(8-15)4-6-16/h1-2,7,9,16,18H,3-6,8H2. The number of likely N-dealkylation sites (tertiary alicyclic amines) is 1. The number of hydrogen-bond donors (Lipinski definition) is 2. The van der Waals surface area contributed by atoms with E-state index in [0.29, 0.717) is 23.0 Å². The summed E-state index contributed by atoms with van der Waals surface area (Å²) >= 11 is 10.3. The molecule has 0 aromatic heterocycles. The minimum absolute atomic E-state index is 0.0451. The van der Waals surface area contributed by atoms with Crippen LogP contribution in [0.2, 0.25) is 5.02 Å². The van der Waals surface area contributed by atoms with Crippen molar-refractivity contribution in [1.29, 1.82) is 0 Å². The SMILES string of the molecule is O=C(c1cc(S)ccc1Cl)N1CCC(CCO)C1. The Morgan fingerprint density at radius 2 is 2.33 bits per heavy atom. The molecular weight excluding hydrogens is 270 g/mol. The van der Waals surface area contributed by atoms with Gasteiger partial charge < -0.3 is 10.0 Å². The topological polar surface area (TPSA) is 40.5 Å². The van der Waals surface area contributed by atoms with E-state index in [0.717, 1.165) is 24.3 Å². The van der Waals surface area contributed by atoms with E-state index in [1.54, 1.807) is 23.1 Å². The summed E-state index contributed by atoms with van der Waals surface area (Å²) in [6.07, 6.45) is 1.70. The Morgan fingerprint density at radius 3 is 3.06 bits per heavy atom. The van der Waals surface area contributed by atoms with Gasteiger partial charge in [-0.25, -0.2) is 0 Å². The summed E-state index contributed by atoms with van der Waals surface area (Å²) in [6.45, 7) is 1.61. The van der Waals surface area contributed by atoms with Crippen molar-refractivity contribution in [2.24, 2.45) is 5.92 Å². The number of aliphatic hydroxyl groups excluding tert-OH is 1. The fourth-order valence-electron chi connectivity index (χ4n) is 2.28. The van der Waals surface area contributed by atoms with Crippen molar-refractivity contribution in [1.82, 2.24) is 4.90 Å². The number of amides is 1. The summed E-state index contributed by atoms with van der Waals surface area (Å²) in [5.41, 5.74) is 0.508. The molecule has 5 heteroatoms. The zero-order valence-electron chi connectivity index (χ0n) is 9.97. The van der Waals surface area contributed by atoms with Crippen LogP contribution in [0.5, 0.6) is 0 Å². The van der Waals surface area contributed by atoms with Crippen LogP contribution in [0.15, 0.2) is 23.1 Å². The van der Waals surface area contributed by atoms with Gasteiger partial charge in [0.05, 0.1) is 10.6 Å². The highest BCUT2D eigenvalue weighted by atomic mass is 35.5. The predicted molar refractivity (Wildman–Crippen MR) is 74.4 cm³/mol. The smallest absolute Gasteiger partial charge is 0.255 e. The van der Waals surface area contributed by atoms with Gasteiger partial charge in [-0.2, -0.15) is 0 Å². The number of rotatable bonds is 3. The van der Waals surface area contributed by atoms with Gasteiger partial charge in [0, 0.05) is 24.6 Å². The van der Waals surface area contributed by atoms with E-state index in [-0.39, 0.29) is 12.5 Å². The van der Waals surface area contributed by atoms with Crippen LogP contribution in [0, 0.1) is 5.92 Å². The maximum atomic E-state index is 12.3. The lowest BCUT2D eigenvalue weighted by Crippen LogP contribution is -2.29. The Bertz CT molecular complexity index is 453. The van der Waals surface area contributed by atoms with Gasteiger partial charge in [0.1, 0.15) is 0 Å². The first-order chi connectivity index (χ1) is 8.61. The van der Waals surface area contributed by atoms with Crippen molar-refractivity contribution in [3.8, 4) is 0 Å². The first-order valence-corrected chi connectivity index (χ1v) is 6.83. The average molecular weight is 286 g/mol. The van der Waals surface area contributed by atoms with Crippen LogP contribution in [-0.2, 0) is 0 Å². The first kappa shape index (κ1) is 13.7. The molecule has 0 aliphatic carbocycles. The Hall–Kier alpha value is -0.710. The summed E-state index contributed by atoms with van der Waals surface area (Å²) < 4.78 is 0. The summed E-state index contributed by atoms with van der Waals surface area (Å²) in [4.78, 5) is 14.8. The molecule has 98 valence electrons. The molecule has 1 atom stereocenters. The molecular formula is C13H16ClNO2S. The summed E-state index contributed by atoms with van der Waals surface area (Å²) in [5, 5.41) is 9.38. The molecule has 0 saturated carbocycles. The Balaban J connectivity index is 2.10. The summed E-state index contributed by atoms with van der Waals surface area (Å²) in [7, 11) is 0. The van der Waals surface area contributed by atoms with E-state index in [9.17, 15) is 4.79 Å². The van der Waals surface area contributed by atoms with Crippen LogP contribution in [0.1, 0.15) is 23.2 Å². The minimum Gasteiger partial charge on any atom is -0.396 e. The summed E-state index contributed by atoms with van der Waals surface area (Å²) in [5.74, 6) is 0.355. The number of benzene rings is 1. The molecule has 1 fully saturated rings. The van der Waals surface area contributed by atoms with E-state index in [4.69, 9.17) is 16.7 Å². The molecule has 2 rings (SSSR count). The molecule has 1 heterocycles. The molecule has 1 unspecified atom stereocenters. The quantitative estimate of drug-likeness (QED) is 0.838. The molecule has 0 spiro atoms. The molecule has 3 nitrogen and oxygen atoms in total. The highest BCUT2D eigenvalue weighted by Crippen LogP contribution is 2.25. The Labute approximate surface area is 117 Å². The van der Waals surface area contributed by atoms with Gasteiger partial charge in [0.15, 0.2) is 0 Å². The van der Waals surface area contributed by atoms with Crippen LogP contribution in [0.4, 0.5) is 0 Å². The minimum atomic E-state index is -0.0451. The number of aliphatic hydroxyl groups is 1. The molecule has 1 amide bonds. The second-order valence-electron chi connectivity index (χ2n) is 4.58. The van der Waals surface area contributed by atoms with Crippen LogP contribution in [-0.4, -0.2) is 35.6 Å². The number of hydrogen-bond acceptors (Lipinski definition) is 3. The van der Waals surface area contributed by atoms with Gasteiger partial charge in [-0.05, 0) is 37.0 Å². The fraction of sp³-hybridized carbons (Fsp3) is 0.462. The van der Waals surface area contributed by atoms with Crippen LogP contribution >= 0.6 is 24.2 Å². The molecule has 18 heavy (non-hydrogen) atoms. The molecule has 1 aliphatic rings. The molecule has 0 bridgehead atoms. The van der Waals surface area contributed by atoms with Crippen LogP contribution in [0.25, 0.3) is 0 Å². The average Bonchev–Trinajstić information content (AvgIpc) is 2.80. The zero-order valence-corrected chi connectivity index (χ0v) is 11.6. The fourth-order valence-corrected chi connectivity index (χ4v) is 2.68. The second kappa shape index (κ2) is 5.95. The maximum Gasteiger partial charge on any atom is 0.255 e. The van der Waals surface area contributed by atoms with E-state index in [1.165, 1.54) is 0 Å². The Morgan fingerprint density at radius 1 is 1.56 bits per heavy atom. The number of carbonyl (C=O) groups excluding carboxylic acids is 1. The lowest BCUT2D eigenvalue weighted by atomic mass is 10.1. The van der Waals surface area contributed by atoms with Gasteiger partial charge in [0.25, 0.3) is 5.91 Å². The van der Waals surface area contributed by atoms with E-state index >= 15 is 0 Å². The van der Waals surface area contributed by atoms with Gasteiger partial charge >= 0.3 is 0 Å². The van der Waals surface area contributed by atoms with Crippen molar-refractivity contribution >= 4 is 30.1 Å². The molecule has 1 aliphatic heterocycles. The number of thiol groups is 1. The summed E-state index contributed by atoms with van der Waals surface area (Å²) in [6, 6.07) is 5.16. The Kier molecular flexibility index (Phi) is 4.54. The van der Waals surface area contributed by atoms with Gasteiger partial charge in [-0.1, -0.05) is 11.6 Å². The monoisotopic (exact) mass is 285 g/mol. The first-order valence-electron chi connectivity index (χ1n) is 6.00. The third-order valence-corrected chi connectivity index (χ3v) is 3.90. The van der Waals surface area contributed by atoms with E-state index < -0.39 is 0 Å². The van der Waals surface area contributed by atoms with Crippen molar-refractivity contribution in [3.63, 3.8) is 0 Å². The largest absolute Gasteiger partial charge is 0.396 e. The second-order valence-corrected chi connectivity index (χ2v) is 5.51. The number of halogens is 1. The zero-order chi connectivity index (χ0) is 13.1.